The first kappa shape index (κ1) is 22.8. The van der Waals surface area contributed by atoms with E-state index in [2.05, 4.69) is 20.2 Å². The Morgan fingerprint density at radius 3 is 2.71 bits per heavy atom. The maximum Gasteiger partial charge on any atom is 0.259 e. The molecule has 1 saturated heterocycles. The van der Waals surface area contributed by atoms with Crippen LogP contribution in [-0.2, 0) is 4.74 Å². The molecular weight excluding hydrogens is 446 g/mol. The molecule has 5 rings (SSSR count). The Morgan fingerprint density at radius 2 is 1.91 bits per heavy atom. The van der Waals surface area contributed by atoms with E-state index in [9.17, 15) is 4.79 Å². The number of morpholine rings is 1. The van der Waals surface area contributed by atoms with Crippen molar-refractivity contribution in [3.63, 3.8) is 0 Å². The second-order valence-electron chi connectivity index (χ2n) is 8.19. The van der Waals surface area contributed by atoms with Gasteiger partial charge in [0, 0.05) is 43.3 Å². The molecular formula is C26H27N5O4. The van der Waals surface area contributed by atoms with Crippen molar-refractivity contribution in [2.75, 3.05) is 51.9 Å². The minimum absolute atomic E-state index is 0.212. The van der Waals surface area contributed by atoms with Crippen molar-refractivity contribution in [1.29, 1.82) is 0 Å². The third kappa shape index (κ3) is 5.42. The molecule has 9 heteroatoms. The molecule has 0 amide bonds. The number of aromatic nitrogens is 3. The van der Waals surface area contributed by atoms with Crippen LogP contribution >= 0.6 is 0 Å². The van der Waals surface area contributed by atoms with Crippen molar-refractivity contribution >= 4 is 22.3 Å². The lowest BCUT2D eigenvalue weighted by atomic mass is 10.1. The van der Waals surface area contributed by atoms with Crippen LogP contribution in [0.3, 0.4) is 0 Å². The molecule has 1 fully saturated rings. The van der Waals surface area contributed by atoms with Gasteiger partial charge in [-0.2, -0.15) is 0 Å². The summed E-state index contributed by atoms with van der Waals surface area (Å²) in [4.78, 5) is 26.7. The average molecular weight is 474 g/mol. The highest BCUT2D eigenvalue weighted by atomic mass is 16.5. The van der Waals surface area contributed by atoms with Gasteiger partial charge in [0.25, 0.3) is 5.56 Å². The van der Waals surface area contributed by atoms with E-state index in [1.54, 1.807) is 25.7 Å². The Morgan fingerprint density at radius 1 is 1.09 bits per heavy atom. The Kier molecular flexibility index (Phi) is 6.87. The van der Waals surface area contributed by atoms with Gasteiger partial charge in [0.1, 0.15) is 23.9 Å². The molecule has 1 aliphatic rings. The van der Waals surface area contributed by atoms with Gasteiger partial charge in [0.05, 0.1) is 37.6 Å². The van der Waals surface area contributed by atoms with Crippen LogP contribution in [-0.4, -0.2) is 66.4 Å². The van der Waals surface area contributed by atoms with Gasteiger partial charge in [-0.15, -0.1) is 0 Å². The summed E-state index contributed by atoms with van der Waals surface area (Å²) in [6, 6.07) is 13.2. The summed E-state index contributed by atoms with van der Waals surface area (Å²) in [7, 11) is 1.59. The smallest absolute Gasteiger partial charge is 0.259 e. The first-order valence-corrected chi connectivity index (χ1v) is 11.5. The molecule has 0 spiro atoms. The zero-order valence-corrected chi connectivity index (χ0v) is 19.5. The Hall–Kier alpha value is -3.95. The van der Waals surface area contributed by atoms with Gasteiger partial charge in [-0.25, -0.2) is 4.98 Å². The predicted octanol–water partition coefficient (Wildman–Crippen LogP) is 3.45. The number of methoxy groups -OCH3 is 1. The molecule has 1 aromatic carbocycles. The molecule has 180 valence electrons. The standard InChI is InChI=1S/C26H27N5O4/c1-33-22-14-19(16-27-17-22)23-15-18-6-7-28-26(32)24(18)25(30-23)29-20-2-4-21(5-3-20)35-13-10-31-8-11-34-12-9-31/h2-7,14-17H,8-13H2,1H3,(H,28,32)(H,29,30). The number of nitrogens with zero attached hydrogens (tertiary/aromatic N) is 3. The largest absolute Gasteiger partial charge is 0.495 e. The van der Waals surface area contributed by atoms with Crippen LogP contribution in [0.2, 0.25) is 0 Å². The fraction of sp³-hybridized carbons (Fsp3) is 0.269. The summed E-state index contributed by atoms with van der Waals surface area (Å²) in [5, 5.41) is 4.56. The highest BCUT2D eigenvalue weighted by Crippen LogP contribution is 2.29. The van der Waals surface area contributed by atoms with Crippen molar-refractivity contribution < 1.29 is 14.2 Å². The summed E-state index contributed by atoms with van der Waals surface area (Å²) in [6.07, 6.45) is 4.99. The fourth-order valence-electron chi connectivity index (χ4n) is 4.01. The number of H-pyrrole nitrogens is 1. The van der Waals surface area contributed by atoms with Gasteiger partial charge in [0.2, 0.25) is 0 Å². The van der Waals surface area contributed by atoms with Crippen LogP contribution in [0, 0.1) is 0 Å². The van der Waals surface area contributed by atoms with E-state index in [0.29, 0.717) is 29.3 Å². The van der Waals surface area contributed by atoms with Crippen LogP contribution in [0.15, 0.2) is 65.8 Å². The summed E-state index contributed by atoms with van der Waals surface area (Å²) >= 11 is 0. The zero-order chi connectivity index (χ0) is 24.0. The minimum Gasteiger partial charge on any atom is -0.495 e. The first-order valence-electron chi connectivity index (χ1n) is 11.5. The van der Waals surface area contributed by atoms with Crippen LogP contribution in [0.4, 0.5) is 11.5 Å². The van der Waals surface area contributed by atoms with Crippen molar-refractivity contribution in [3.05, 3.63) is 71.4 Å². The summed E-state index contributed by atoms with van der Waals surface area (Å²) in [6.45, 7) is 4.93. The van der Waals surface area contributed by atoms with Crippen molar-refractivity contribution in [2.24, 2.45) is 0 Å². The van der Waals surface area contributed by atoms with Crippen molar-refractivity contribution in [3.8, 4) is 22.8 Å². The molecule has 35 heavy (non-hydrogen) atoms. The highest BCUT2D eigenvalue weighted by molar-refractivity contribution is 5.95. The van der Waals surface area contributed by atoms with E-state index in [1.807, 2.05) is 42.5 Å². The van der Waals surface area contributed by atoms with E-state index >= 15 is 0 Å². The summed E-state index contributed by atoms with van der Waals surface area (Å²) in [5.41, 5.74) is 2.05. The number of fused-ring (bicyclic) bond motifs is 1. The SMILES string of the molecule is COc1cncc(-c2cc3cc[nH]c(=O)c3c(Nc3ccc(OCCN4CCOCC4)cc3)n2)c1. The molecule has 3 aromatic heterocycles. The normalized spacial score (nSPS) is 14.1. The lowest BCUT2D eigenvalue weighted by molar-refractivity contribution is 0.0322. The van der Waals surface area contributed by atoms with Crippen LogP contribution in [0.1, 0.15) is 0 Å². The number of hydrogen-bond donors (Lipinski definition) is 2. The number of hydrogen-bond acceptors (Lipinski definition) is 8. The Labute approximate surface area is 202 Å². The summed E-state index contributed by atoms with van der Waals surface area (Å²) in [5.74, 6) is 1.88. The number of aromatic amines is 1. The molecule has 0 aliphatic carbocycles. The van der Waals surface area contributed by atoms with E-state index in [1.165, 1.54) is 0 Å². The number of anilines is 2. The molecule has 0 radical (unpaired) electrons. The lowest BCUT2D eigenvalue weighted by Gasteiger charge is -2.26. The number of pyridine rings is 3. The molecule has 9 nitrogen and oxygen atoms in total. The van der Waals surface area contributed by atoms with Crippen molar-refractivity contribution in [1.82, 2.24) is 19.9 Å². The van der Waals surface area contributed by atoms with Gasteiger partial charge < -0.3 is 24.5 Å². The topological polar surface area (TPSA) is 102 Å². The lowest BCUT2D eigenvalue weighted by Crippen LogP contribution is -2.38. The van der Waals surface area contributed by atoms with Gasteiger partial charge in [-0.05, 0) is 47.9 Å². The monoisotopic (exact) mass is 473 g/mol. The average Bonchev–Trinajstić information content (AvgIpc) is 2.90. The first-order chi connectivity index (χ1) is 17.2. The quantitative estimate of drug-likeness (QED) is 0.401. The third-order valence-electron chi connectivity index (χ3n) is 5.90. The maximum absolute atomic E-state index is 12.6. The highest BCUT2D eigenvalue weighted by Gasteiger charge is 2.13. The van der Waals surface area contributed by atoms with Crippen LogP contribution in [0.25, 0.3) is 22.0 Å². The molecule has 0 unspecified atom stereocenters. The molecule has 4 aromatic rings. The molecule has 0 saturated carbocycles. The molecule has 2 N–H and O–H groups in total. The van der Waals surface area contributed by atoms with Gasteiger partial charge in [0.15, 0.2) is 0 Å². The number of benzene rings is 1. The summed E-state index contributed by atoms with van der Waals surface area (Å²) < 4.78 is 16.6. The van der Waals surface area contributed by atoms with E-state index in [4.69, 9.17) is 19.2 Å². The number of nitrogens with one attached hydrogen (secondary N) is 2. The Bertz CT molecular complexity index is 1350. The fourth-order valence-corrected chi connectivity index (χ4v) is 4.01. The molecule has 0 atom stereocenters. The van der Waals surface area contributed by atoms with Crippen molar-refractivity contribution in [2.45, 2.75) is 0 Å². The Balaban J connectivity index is 1.36. The maximum atomic E-state index is 12.6. The molecule has 0 bridgehead atoms. The van der Waals surface area contributed by atoms with Gasteiger partial charge in [-0.1, -0.05) is 0 Å². The zero-order valence-electron chi connectivity index (χ0n) is 19.5. The minimum atomic E-state index is -0.212. The second-order valence-corrected chi connectivity index (χ2v) is 8.19. The second kappa shape index (κ2) is 10.5. The van der Waals surface area contributed by atoms with Crippen LogP contribution in [0.5, 0.6) is 11.5 Å². The van der Waals surface area contributed by atoms with E-state index < -0.39 is 0 Å². The third-order valence-corrected chi connectivity index (χ3v) is 5.90. The van der Waals surface area contributed by atoms with Gasteiger partial charge >= 0.3 is 0 Å². The number of ether oxygens (including phenoxy) is 3. The molecule has 4 heterocycles. The van der Waals surface area contributed by atoms with Gasteiger partial charge in [-0.3, -0.25) is 14.7 Å². The van der Waals surface area contributed by atoms with E-state index in [-0.39, 0.29) is 5.56 Å². The number of rotatable bonds is 8. The van der Waals surface area contributed by atoms with Crippen LogP contribution < -0.4 is 20.3 Å². The predicted molar refractivity (Wildman–Crippen MR) is 135 cm³/mol. The molecule has 1 aliphatic heterocycles. The van der Waals surface area contributed by atoms with E-state index in [0.717, 1.165) is 55.2 Å².